The van der Waals surface area contributed by atoms with E-state index in [9.17, 15) is 13.2 Å². The minimum absolute atomic E-state index is 0.240. The van der Waals surface area contributed by atoms with Crippen LogP contribution in [0.3, 0.4) is 0 Å². The van der Waals surface area contributed by atoms with Gasteiger partial charge < -0.3 is 14.6 Å². The van der Waals surface area contributed by atoms with Crippen LogP contribution in [-0.4, -0.2) is 60.2 Å². The molecule has 3 rings (SSSR count). The van der Waals surface area contributed by atoms with E-state index in [1.54, 1.807) is 0 Å². The Balaban J connectivity index is 0.000000321. The van der Waals surface area contributed by atoms with Crippen molar-refractivity contribution in [2.75, 3.05) is 19.8 Å². The molecule has 9 heteroatoms. The Morgan fingerprint density at radius 3 is 2.78 bits per heavy atom. The van der Waals surface area contributed by atoms with Crippen LogP contribution >= 0.6 is 11.3 Å². The fraction of sp³-hybridized carbons (Fsp3) is 0.611. The van der Waals surface area contributed by atoms with E-state index in [1.807, 2.05) is 17.4 Å². The van der Waals surface area contributed by atoms with E-state index >= 15 is 0 Å². The monoisotopic (exact) mass is 407 g/mol. The number of carbonyl (C=O) groups is 1. The van der Waals surface area contributed by atoms with Crippen molar-refractivity contribution in [3.8, 4) is 0 Å². The first-order valence-electron chi connectivity index (χ1n) is 8.65. The molecule has 0 radical (unpaired) electrons. The smallest absolute Gasteiger partial charge is 0.475 e. The van der Waals surface area contributed by atoms with Crippen molar-refractivity contribution >= 4 is 17.3 Å². The molecule has 5 nitrogen and oxygen atoms in total. The van der Waals surface area contributed by atoms with E-state index in [2.05, 4.69) is 29.8 Å². The average molecular weight is 407 g/mol. The highest BCUT2D eigenvalue weighted by atomic mass is 32.1. The second-order valence-corrected chi connectivity index (χ2v) is 7.44. The van der Waals surface area contributed by atoms with Gasteiger partial charge >= 0.3 is 12.1 Å². The number of hydrogen-bond acceptors (Lipinski definition) is 5. The number of fused-ring (bicyclic) bond motifs is 1. The van der Waals surface area contributed by atoms with E-state index in [0.29, 0.717) is 12.6 Å². The summed E-state index contributed by atoms with van der Waals surface area (Å²) in [5, 5.41) is 9.31. The first kappa shape index (κ1) is 21.9. The van der Waals surface area contributed by atoms with Crippen molar-refractivity contribution < 1.29 is 32.5 Å². The van der Waals surface area contributed by atoms with Gasteiger partial charge in [-0.1, -0.05) is 6.08 Å². The predicted octanol–water partition coefficient (Wildman–Crippen LogP) is 3.62. The third-order valence-electron chi connectivity index (χ3n) is 4.64. The van der Waals surface area contributed by atoms with Gasteiger partial charge in [-0.2, -0.15) is 13.2 Å². The van der Waals surface area contributed by atoms with Crippen molar-refractivity contribution in [3.63, 3.8) is 0 Å². The molecule has 0 bridgehead atoms. The number of aryl methyl sites for hydroxylation is 1. The number of carboxylic acids is 1. The third kappa shape index (κ3) is 6.03. The van der Waals surface area contributed by atoms with Crippen LogP contribution in [0.1, 0.15) is 23.3 Å². The van der Waals surface area contributed by atoms with E-state index in [1.165, 1.54) is 16.9 Å². The van der Waals surface area contributed by atoms with Crippen molar-refractivity contribution in [2.45, 2.75) is 50.7 Å². The zero-order valence-corrected chi connectivity index (χ0v) is 15.9. The van der Waals surface area contributed by atoms with Gasteiger partial charge in [0.1, 0.15) is 0 Å². The van der Waals surface area contributed by atoms with Crippen LogP contribution in [0, 0.1) is 6.92 Å². The molecule has 2 fully saturated rings. The maximum Gasteiger partial charge on any atom is 0.490 e. The van der Waals surface area contributed by atoms with Crippen molar-refractivity contribution in [1.82, 2.24) is 4.90 Å². The fourth-order valence-corrected chi connectivity index (χ4v) is 4.24. The Morgan fingerprint density at radius 2 is 2.22 bits per heavy atom. The van der Waals surface area contributed by atoms with Gasteiger partial charge in [0, 0.05) is 24.0 Å². The summed E-state index contributed by atoms with van der Waals surface area (Å²) in [4.78, 5) is 13.0. The second-order valence-electron chi connectivity index (χ2n) is 6.44. The normalized spacial score (nSPS) is 25.4. The SMILES string of the molecule is C=CCO[C@H]1CC[C@H]2[C@H]1OCCN2Cc1sccc1C.O=C(O)C(F)(F)F. The lowest BCUT2D eigenvalue weighted by atomic mass is 10.1. The topological polar surface area (TPSA) is 59.0 Å². The number of carboxylic acid groups (broad SMARTS) is 1. The Labute approximate surface area is 160 Å². The molecule has 27 heavy (non-hydrogen) atoms. The number of aliphatic carboxylic acids is 1. The summed E-state index contributed by atoms with van der Waals surface area (Å²) in [7, 11) is 0. The van der Waals surface area contributed by atoms with Gasteiger partial charge in [-0.05, 0) is 36.8 Å². The Bertz CT molecular complexity index is 634. The molecule has 3 atom stereocenters. The van der Waals surface area contributed by atoms with E-state index in [0.717, 1.165) is 26.1 Å². The van der Waals surface area contributed by atoms with Crippen molar-refractivity contribution in [2.24, 2.45) is 0 Å². The number of rotatable bonds is 5. The molecule has 1 aliphatic carbocycles. The third-order valence-corrected chi connectivity index (χ3v) is 5.64. The molecule has 0 spiro atoms. The molecule has 152 valence electrons. The molecular formula is C18H24F3NO4S. The molecule has 2 aliphatic rings. The van der Waals surface area contributed by atoms with Gasteiger partial charge in [0.15, 0.2) is 0 Å². The quantitative estimate of drug-likeness (QED) is 0.756. The lowest BCUT2D eigenvalue weighted by Crippen LogP contribution is -2.51. The molecular weight excluding hydrogens is 383 g/mol. The molecule has 2 heterocycles. The molecule has 1 saturated carbocycles. The van der Waals surface area contributed by atoms with Gasteiger partial charge in [0.2, 0.25) is 0 Å². The number of alkyl halides is 3. The van der Waals surface area contributed by atoms with Crippen molar-refractivity contribution in [1.29, 1.82) is 0 Å². The highest BCUT2D eigenvalue weighted by Gasteiger charge is 2.43. The predicted molar refractivity (Wildman–Crippen MR) is 95.9 cm³/mol. The lowest BCUT2D eigenvalue weighted by Gasteiger charge is -2.39. The molecule has 0 amide bonds. The van der Waals surface area contributed by atoms with E-state index in [-0.39, 0.29) is 12.2 Å². The number of morpholine rings is 1. The summed E-state index contributed by atoms with van der Waals surface area (Å²) in [6.45, 7) is 9.47. The molecule has 1 saturated heterocycles. The average Bonchev–Trinajstić information content (AvgIpc) is 3.20. The van der Waals surface area contributed by atoms with Crippen LogP contribution < -0.4 is 0 Å². The standard InChI is InChI=1S/C16H23NO2S.C2HF3O2/c1-3-8-18-14-5-4-13-16(14)19-9-7-17(13)11-15-12(2)6-10-20-15;3-2(4,5)1(6)7/h3,6,10,13-14,16H,1,4-5,7-9,11H2,2H3;(H,6,7)/t13-,14-,16+;/m0./s1. The van der Waals surface area contributed by atoms with Crippen LogP contribution in [0.2, 0.25) is 0 Å². The minimum atomic E-state index is -5.08. The summed E-state index contributed by atoms with van der Waals surface area (Å²) in [5.41, 5.74) is 1.41. The zero-order chi connectivity index (χ0) is 20.0. The largest absolute Gasteiger partial charge is 0.490 e. The first-order chi connectivity index (χ1) is 12.7. The molecule has 1 N–H and O–H groups in total. The number of halogens is 3. The van der Waals surface area contributed by atoms with Crippen LogP contribution in [0.5, 0.6) is 0 Å². The van der Waals surface area contributed by atoms with Gasteiger partial charge in [-0.3, -0.25) is 4.90 Å². The van der Waals surface area contributed by atoms with Gasteiger partial charge in [-0.15, -0.1) is 17.9 Å². The fourth-order valence-electron chi connectivity index (χ4n) is 3.31. The van der Waals surface area contributed by atoms with Crippen LogP contribution in [0.4, 0.5) is 13.2 Å². The number of ether oxygens (including phenoxy) is 2. The van der Waals surface area contributed by atoms with Gasteiger partial charge in [0.05, 0.1) is 25.4 Å². The summed E-state index contributed by atoms with van der Waals surface area (Å²) in [5.74, 6) is -2.76. The summed E-state index contributed by atoms with van der Waals surface area (Å²) < 4.78 is 43.6. The first-order valence-corrected chi connectivity index (χ1v) is 9.53. The Kier molecular flexibility index (Phi) is 7.84. The summed E-state index contributed by atoms with van der Waals surface area (Å²) in [6, 6.07) is 2.72. The summed E-state index contributed by atoms with van der Waals surface area (Å²) in [6.07, 6.45) is -0.502. The number of nitrogens with zero attached hydrogens (tertiary/aromatic N) is 1. The van der Waals surface area contributed by atoms with Gasteiger partial charge in [0.25, 0.3) is 0 Å². The molecule has 0 unspecified atom stereocenters. The van der Waals surface area contributed by atoms with Crippen LogP contribution in [0.25, 0.3) is 0 Å². The Morgan fingerprint density at radius 1 is 1.52 bits per heavy atom. The van der Waals surface area contributed by atoms with E-state index in [4.69, 9.17) is 19.4 Å². The molecule has 0 aromatic carbocycles. The zero-order valence-electron chi connectivity index (χ0n) is 15.1. The molecule has 1 aromatic rings. The number of hydrogen-bond donors (Lipinski definition) is 1. The maximum absolute atomic E-state index is 10.6. The molecule has 1 aliphatic heterocycles. The lowest BCUT2D eigenvalue weighted by molar-refractivity contribution is -0.192. The van der Waals surface area contributed by atoms with Crippen LogP contribution in [0.15, 0.2) is 24.1 Å². The van der Waals surface area contributed by atoms with E-state index < -0.39 is 12.1 Å². The van der Waals surface area contributed by atoms with Crippen LogP contribution in [-0.2, 0) is 20.8 Å². The summed E-state index contributed by atoms with van der Waals surface area (Å²) >= 11 is 1.87. The highest BCUT2D eigenvalue weighted by molar-refractivity contribution is 7.10. The number of thiophene rings is 1. The highest BCUT2D eigenvalue weighted by Crippen LogP contribution is 2.33. The van der Waals surface area contributed by atoms with Gasteiger partial charge in [-0.25, -0.2) is 4.79 Å². The maximum atomic E-state index is 10.6. The molecule has 1 aromatic heterocycles. The second kappa shape index (κ2) is 9.68. The van der Waals surface area contributed by atoms with Crippen molar-refractivity contribution in [3.05, 3.63) is 34.5 Å². The Hall–Kier alpha value is -1.42. The minimum Gasteiger partial charge on any atom is -0.475 e.